The number of aromatic nitrogens is 1. The van der Waals surface area contributed by atoms with Crippen LogP contribution in [0.4, 0.5) is 13.2 Å². The average Bonchev–Trinajstić information content (AvgIpc) is 2.73. The second kappa shape index (κ2) is 5.26. The molecule has 0 aliphatic carbocycles. The summed E-state index contributed by atoms with van der Waals surface area (Å²) in [5, 5.41) is 9.21. The molecule has 0 unspecified atom stereocenters. The molecule has 7 heteroatoms. The fraction of sp³-hybridized carbons (Fsp3) is 0.250. The number of nitrogens with zero attached hydrogens (tertiary/aromatic N) is 1. The van der Waals surface area contributed by atoms with Crippen molar-refractivity contribution in [1.82, 2.24) is 4.98 Å². The normalized spacial score (nSPS) is 11.8. The molecule has 3 nitrogen and oxygen atoms in total. The fourth-order valence-corrected chi connectivity index (χ4v) is 2.30. The standard InChI is InChI=1S/C12H10F3NO2S/c1-7-6-18-11(16-7)19-9-3-2-8(5-17)10(4-9)12(13,14)15/h2-4,6,17H,5H2,1H3. The smallest absolute Gasteiger partial charge is 0.416 e. The van der Waals surface area contributed by atoms with E-state index in [0.29, 0.717) is 10.6 Å². The van der Waals surface area contributed by atoms with Gasteiger partial charge in [-0.25, -0.2) is 4.98 Å². The summed E-state index contributed by atoms with van der Waals surface area (Å²) >= 11 is 0.998. The molecule has 0 fully saturated rings. The highest BCUT2D eigenvalue weighted by molar-refractivity contribution is 7.99. The summed E-state index contributed by atoms with van der Waals surface area (Å²) in [5.74, 6) is 0. The Bertz CT molecular complexity index is 581. The lowest BCUT2D eigenvalue weighted by Crippen LogP contribution is -2.09. The van der Waals surface area contributed by atoms with Gasteiger partial charge in [0.25, 0.3) is 5.22 Å². The van der Waals surface area contributed by atoms with Gasteiger partial charge in [0.2, 0.25) is 0 Å². The van der Waals surface area contributed by atoms with E-state index in [-0.39, 0.29) is 10.8 Å². The van der Waals surface area contributed by atoms with Crippen molar-refractivity contribution in [2.45, 2.75) is 29.8 Å². The van der Waals surface area contributed by atoms with Crippen LogP contribution in [0.25, 0.3) is 0 Å². The fourth-order valence-electron chi connectivity index (χ4n) is 1.50. The number of aliphatic hydroxyl groups excluding tert-OH is 1. The maximum Gasteiger partial charge on any atom is 0.416 e. The number of hydrogen-bond acceptors (Lipinski definition) is 4. The van der Waals surface area contributed by atoms with Crippen LogP contribution < -0.4 is 0 Å². The summed E-state index contributed by atoms with van der Waals surface area (Å²) in [4.78, 5) is 4.36. The first-order chi connectivity index (χ1) is 8.90. The van der Waals surface area contributed by atoms with Crippen molar-refractivity contribution in [2.75, 3.05) is 0 Å². The van der Waals surface area contributed by atoms with Crippen LogP contribution in [-0.4, -0.2) is 10.1 Å². The summed E-state index contributed by atoms with van der Waals surface area (Å²) in [7, 11) is 0. The Morgan fingerprint density at radius 3 is 2.63 bits per heavy atom. The van der Waals surface area contributed by atoms with Crippen molar-refractivity contribution in [3.8, 4) is 0 Å². The van der Waals surface area contributed by atoms with E-state index in [9.17, 15) is 13.2 Å². The zero-order valence-electron chi connectivity index (χ0n) is 9.86. The van der Waals surface area contributed by atoms with Crippen LogP contribution in [0, 0.1) is 6.92 Å². The first kappa shape index (κ1) is 14.0. The number of rotatable bonds is 3. The lowest BCUT2D eigenvalue weighted by atomic mass is 10.1. The minimum absolute atomic E-state index is 0.152. The van der Waals surface area contributed by atoms with Crippen LogP contribution in [0.1, 0.15) is 16.8 Å². The summed E-state index contributed by atoms with van der Waals surface area (Å²) in [6, 6.07) is 3.72. The molecule has 19 heavy (non-hydrogen) atoms. The van der Waals surface area contributed by atoms with Crippen molar-refractivity contribution < 1.29 is 22.7 Å². The number of alkyl halides is 3. The van der Waals surface area contributed by atoms with E-state index in [1.165, 1.54) is 18.4 Å². The van der Waals surface area contributed by atoms with Crippen molar-refractivity contribution in [2.24, 2.45) is 0 Å². The molecule has 0 atom stereocenters. The van der Waals surface area contributed by atoms with Gasteiger partial charge in [0.05, 0.1) is 17.9 Å². The predicted molar refractivity (Wildman–Crippen MR) is 62.7 cm³/mol. The third-order valence-electron chi connectivity index (χ3n) is 2.36. The topological polar surface area (TPSA) is 46.3 Å². The molecule has 0 spiro atoms. The molecule has 1 N–H and O–H groups in total. The molecule has 0 radical (unpaired) electrons. The van der Waals surface area contributed by atoms with E-state index in [1.807, 2.05) is 0 Å². The molecule has 1 aromatic carbocycles. The summed E-state index contributed by atoms with van der Waals surface area (Å²) < 4.78 is 43.5. The molecule has 1 aromatic heterocycles. The molecule has 2 rings (SSSR count). The number of oxazole rings is 1. The Labute approximate surface area is 111 Å². The van der Waals surface area contributed by atoms with Crippen molar-refractivity contribution in [1.29, 1.82) is 0 Å². The highest BCUT2D eigenvalue weighted by Crippen LogP contribution is 2.36. The van der Waals surface area contributed by atoms with Gasteiger partial charge in [-0.3, -0.25) is 0 Å². The van der Waals surface area contributed by atoms with E-state index in [2.05, 4.69) is 4.98 Å². The lowest BCUT2D eigenvalue weighted by molar-refractivity contribution is -0.138. The monoisotopic (exact) mass is 289 g/mol. The van der Waals surface area contributed by atoms with Gasteiger partial charge in [-0.1, -0.05) is 6.07 Å². The zero-order valence-corrected chi connectivity index (χ0v) is 10.7. The summed E-state index contributed by atoms with van der Waals surface area (Å²) in [6.45, 7) is 1.07. The van der Waals surface area contributed by atoms with Crippen LogP contribution in [0.5, 0.6) is 0 Å². The van der Waals surface area contributed by atoms with Crippen molar-refractivity contribution in [3.05, 3.63) is 41.3 Å². The maximum atomic E-state index is 12.8. The number of aryl methyl sites for hydroxylation is 1. The van der Waals surface area contributed by atoms with E-state index in [1.54, 1.807) is 6.92 Å². The Morgan fingerprint density at radius 2 is 2.11 bits per heavy atom. The van der Waals surface area contributed by atoms with Crippen LogP contribution >= 0.6 is 11.8 Å². The van der Waals surface area contributed by atoms with E-state index < -0.39 is 18.3 Å². The van der Waals surface area contributed by atoms with E-state index in [0.717, 1.165) is 17.8 Å². The maximum absolute atomic E-state index is 12.8. The molecular formula is C12H10F3NO2S. The number of hydrogen-bond donors (Lipinski definition) is 1. The Balaban J connectivity index is 2.32. The van der Waals surface area contributed by atoms with Crippen LogP contribution in [0.3, 0.4) is 0 Å². The number of aliphatic hydroxyl groups is 1. The first-order valence-electron chi connectivity index (χ1n) is 5.31. The number of benzene rings is 1. The second-order valence-corrected chi connectivity index (χ2v) is 4.86. The van der Waals surface area contributed by atoms with Gasteiger partial charge in [0, 0.05) is 4.90 Å². The predicted octanol–water partition coefficient (Wildman–Crippen LogP) is 3.65. The van der Waals surface area contributed by atoms with E-state index in [4.69, 9.17) is 9.52 Å². The van der Waals surface area contributed by atoms with Crippen LogP contribution in [0.2, 0.25) is 0 Å². The molecule has 102 valence electrons. The van der Waals surface area contributed by atoms with Gasteiger partial charge in [0.1, 0.15) is 6.26 Å². The molecule has 1 heterocycles. The molecule has 0 aliphatic rings. The SMILES string of the molecule is Cc1coc(Sc2ccc(CO)c(C(F)(F)F)c2)n1. The molecule has 0 bridgehead atoms. The van der Waals surface area contributed by atoms with Gasteiger partial charge >= 0.3 is 6.18 Å². The highest BCUT2D eigenvalue weighted by Gasteiger charge is 2.33. The molecular weight excluding hydrogens is 279 g/mol. The van der Waals surface area contributed by atoms with Crippen LogP contribution in [0.15, 0.2) is 39.0 Å². The summed E-state index contributed by atoms with van der Waals surface area (Å²) in [5.41, 5.74) is -0.339. The van der Waals surface area contributed by atoms with Gasteiger partial charge in [-0.15, -0.1) is 0 Å². The van der Waals surface area contributed by atoms with Gasteiger partial charge in [0.15, 0.2) is 0 Å². The molecule has 0 saturated carbocycles. The molecule has 0 aliphatic heterocycles. The first-order valence-corrected chi connectivity index (χ1v) is 6.13. The van der Waals surface area contributed by atoms with Gasteiger partial charge in [-0.05, 0) is 36.4 Å². The third-order valence-corrected chi connectivity index (χ3v) is 3.21. The second-order valence-electron chi connectivity index (χ2n) is 3.83. The Hall–Kier alpha value is -1.47. The van der Waals surface area contributed by atoms with Crippen molar-refractivity contribution in [3.63, 3.8) is 0 Å². The van der Waals surface area contributed by atoms with Gasteiger partial charge in [-0.2, -0.15) is 13.2 Å². The number of halogens is 3. The molecule has 0 saturated heterocycles. The molecule has 2 aromatic rings. The van der Waals surface area contributed by atoms with Crippen LogP contribution in [-0.2, 0) is 12.8 Å². The third kappa shape index (κ3) is 3.30. The van der Waals surface area contributed by atoms with E-state index >= 15 is 0 Å². The minimum Gasteiger partial charge on any atom is -0.439 e. The Morgan fingerprint density at radius 1 is 1.37 bits per heavy atom. The van der Waals surface area contributed by atoms with Crippen molar-refractivity contribution >= 4 is 11.8 Å². The quantitative estimate of drug-likeness (QED) is 0.937. The highest BCUT2D eigenvalue weighted by atomic mass is 32.2. The zero-order chi connectivity index (χ0) is 14.0. The minimum atomic E-state index is -4.50. The summed E-state index contributed by atoms with van der Waals surface area (Å²) in [6.07, 6.45) is -3.07. The average molecular weight is 289 g/mol. The van der Waals surface area contributed by atoms with Gasteiger partial charge < -0.3 is 9.52 Å². The Kier molecular flexibility index (Phi) is 3.86. The lowest BCUT2D eigenvalue weighted by Gasteiger charge is -2.12. The largest absolute Gasteiger partial charge is 0.439 e. The molecule has 0 amide bonds.